The summed E-state index contributed by atoms with van der Waals surface area (Å²) in [6.45, 7) is 5.53. The highest BCUT2D eigenvalue weighted by atomic mass is 35.5. The molecule has 2 N–H and O–H groups in total. The molecule has 5 nitrogen and oxygen atoms in total. The van der Waals surface area contributed by atoms with Gasteiger partial charge in [0, 0.05) is 31.9 Å². The average Bonchev–Trinajstić information content (AvgIpc) is 3.01. The van der Waals surface area contributed by atoms with E-state index < -0.39 is 0 Å². The second kappa shape index (κ2) is 8.09. The van der Waals surface area contributed by atoms with Gasteiger partial charge in [0.05, 0.1) is 11.6 Å². The van der Waals surface area contributed by atoms with E-state index in [1.165, 1.54) is 19.4 Å². The lowest BCUT2D eigenvalue weighted by molar-refractivity contribution is 0.309. The first-order valence-corrected chi connectivity index (χ1v) is 8.50. The SMILES string of the molecule is CCNC(=NCc1cc(Cl)c(Cl)n1C)NCC1CCCN1C. The van der Waals surface area contributed by atoms with Crippen LogP contribution in [-0.4, -0.2) is 48.2 Å². The molecule has 1 fully saturated rings. The molecule has 0 radical (unpaired) electrons. The van der Waals surface area contributed by atoms with E-state index in [4.69, 9.17) is 23.2 Å². The van der Waals surface area contributed by atoms with E-state index >= 15 is 0 Å². The molecule has 0 amide bonds. The van der Waals surface area contributed by atoms with Crippen molar-refractivity contribution in [2.24, 2.45) is 12.0 Å². The predicted octanol–water partition coefficient (Wildman–Crippen LogP) is 2.48. The Kier molecular flexibility index (Phi) is 6.41. The Morgan fingerprint density at radius 1 is 1.36 bits per heavy atom. The summed E-state index contributed by atoms with van der Waals surface area (Å²) in [5, 5.41) is 7.83. The molecule has 0 bridgehead atoms. The number of rotatable bonds is 5. The van der Waals surface area contributed by atoms with Crippen LogP contribution >= 0.6 is 23.2 Å². The van der Waals surface area contributed by atoms with Crippen LogP contribution in [0.25, 0.3) is 0 Å². The van der Waals surface area contributed by atoms with Crippen molar-refractivity contribution in [1.29, 1.82) is 0 Å². The maximum absolute atomic E-state index is 6.08. The number of aromatic nitrogens is 1. The number of nitrogens with one attached hydrogen (secondary N) is 2. The van der Waals surface area contributed by atoms with Gasteiger partial charge in [0.2, 0.25) is 0 Å². The Hall–Kier alpha value is -0.910. The van der Waals surface area contributed by atoms with Crippen LogP contribution in [0.2, 0.25) is 10.2 Å². The van der Waals surface area contributed by atoms with Gasteiger partial charge in [-0.15, -0.1) is 0 Å². The Balaban J connectivity index is 1.95. The highest BCUT2D eigenvalue weighted by molar-refractivity contribution is 6.41. The van der Waals surface area contributed by atoms with Crippen LogP contribution in [0.1, 0.15) is 25.5 Å². The number of hydrogen-bond donors (Lipinski definition) is 2. The highest BCUT2D eigenvalue weighted by Crippen LogP contribution is 2.25. The third kappa shape index (κ3) is 4.31. The first kappa shape index (κ1) is 17.4. The zero-order chi connectivity index (χ0) is 16.1. The molecular formula is C15H25Cl2N5. The quantitative estimate of drug-likeness (QED) is 0.636. The van der Waals surface area contributed by atoms with Crippen LogP contribution in [0.3, 0.4) is 0 Å². The fraction of sp³-hybridized carbons (Fsp3) is 0.667. The lowest BCUT2D eigenvalue weighted by Crippen LogP contribution is -2.44. The summed E-state index contributed by atoms with van der Waals surface area (Å²) in [5.74, 6) is 0.830. The first-order chi connectivity index (χ1) is 10.5. The van der Waals surface area contributed by atoms with Crippen molar-refractivity contribution in [3.8, 4) is 0 Å². The van der Waals surface area contributed by atoms with Crippen LogP contribution in [0.5, 0.6) is 0 Å². The molecule has 2 rings (SSSR count). The Labute approximate surface area is 142 Å². The van der Waals surface area contributed by atoms with Crippen LogP contribution in [0.4, 0.5) is 0 Å². The summed E-state index contributed by atoms with van der Waals surface area (Å²) in [5.41, 5.74) is 0.991. The topological polar surface area (TPSA) is 44.6 Å². The molecule has 1 aliphatic rings. The van der Waals surface area contributed by atoms with Crippen molar-refractivity contribution in [1.82, 2.24) is 20.1 Å². The van der Waals surface area contributed by atoms with Gasteiger partial charge >= 0.3 is 0 Å². The average molecular weight is 346 g/mol. The van der Waals surface area contributed by atoms with E-state index in [0.29, 0.717) is 22.8 Å². The molecule has 0 spiro atoms. The maximum atomic E-state index is 6.08. The first-order valence-electron chi connectivity index (χ1n) is 7.75. The summed E-state index contributed by atoms with van der Waals surface area (Å²) in [6, 6.07) is 2.45. The van der Waals surface area contributed by atoms with Crippen LogP contribution in [0.15, 0.2) is 11.1 Å². The smallest absolute Gasteiger partial charge is 0.191 e. The number of likely N-dealkylation sites (N-methyl/N-ethyl adjacent to an activating group) is 1. The van der Waals surface area contributed by atoms with Gasteiger partial charge in [-0.25, -0.2) is 4.99 Å². The van der Waals surface area contributed by atoms with E-state index in [1.54, 1.807) is 0 Å². The minimum absolute atomic E-state index is 0.540. The molecule has 2 heterocycles. The monoisotopic (exact) mass is 345 g/mol. The molecule has 22 heavy (non-hydrogen) atoms. The van der Waals surface area contributed by atoms with Gasteiger partial charge in [-0.05, 0) is 39.4 Å². The van der Waals surface area contributed by atoms with Gasteiger partial charge in [0.1, 0.15) is 5.15 Å². The van der Waals surface area contributed by atoms with Crippen LogP contribution < -0.4 is 10.6 Å². The Morgan fingerprint density at radius 3 is 2.68 bits per heavy atom. The van der Waals surface area contributed by atoms with Crippen molar-refractivity contribution >= 4 is 29.2 Å². The molecule has 0 aromatic carbocycles. The third-order valence-electron chi connectivity index (χ3n) is 4.14. The minimum Gasteiger partial charge on any atom is -0.357 e. The second-order valence-corrected chi connectivity index (χ2v) is 6.45. The number of halogens is 2. The van der Waals surface area contributed by atoms with Crippen molar-refractivity contribution in [2.75, 3.05) is 26.7 Å². The number of guanidine groups is 1. The third-order valence-corrected chi connectivity index (χ3v) is 4.98. The molecule has 1 aromatic heterocycles. The Bertz CT molecular complexity index is 526. The highest BCUT2D eigenvalue weighted by Gasteiger charge is 2.20. The Morgan fingerprint density at radius 2 is 2.14 bits per heavy atom. The molecule has 0 saturated carbocycles. The summed E-state index contributed by atoms with van der Waals surface area (Å²) in [7, 11) is 4.07. The molecule has 1 atom stereocenters. The zero-order valence-electron chi connectivity index (χ0n) is 13.5. The van der Waals surface area contributed by atoms with Crippen molar-refractivity contribution in [3.05, 3.63) is 21.9 Å². The fourth-order valence-corrected chi connectivity index (χ4v) is 3.11. The van der Waals surface area contributed by atoms with Gasteiger partial charge < -0.3 is 20.1 Å². The molecular weight excluding hydrogens is 321 g/mol. The molecule has 1 aromatic rings. The van der Waals surface area contributed by atoms with Gasteiger partial charge in [0.25, 0.3) is 0 Å². The number of aliphatic imine (C=N–C) groups is 1. The van der Waals surface area contributed by atoms with Crippen LogP contribution in [-0.2, 0) is 13.6 Å². The minimum atomic E-state index is 0.540. The van der Waals surface area contributed by atoms with E-state index in [-0.39, 0.29) is 0 Å². The standard InChI is InChI=1S/C15H25Cl2N5/c1-4-18-15(19-9-11-6-5-7-21(11)2)20-10-12-8-13(16)14(17)22(12)3/h8,11H,4-7,9-10H2,1-3H3,(H2,18,19,20). The van der Waals surface area contributed by atoms with Gasteiger partial charge in [-0.2, -0.15) is 0 Å². The second-order valence-electron chi connectivity index (χ2n) is 5.69. The molecule has 1 aliphatic heterocycles. The fourth-order valence-electron chi connectivity index (χ4n) is 2.69. The summed E-state index contributed by atoms with van der Waals surface area (Å²) < 4.78 is 1.86. The maximum Gasteiger partial charge on any atom is 0.191 e. The van der Waals surface area contributed by atoms with Crippen LogP contribution in [0, 0.1) is 0 Å². The molecule has 124 valence electrons. The molecule has 1 saturated heterocycles. The van der Waals surface area contributed by atoms with E-state index in [0.717, 1.165) is 24.7 Å². The van der Waals surface area contributed by atoms with E-state index in [9.17, 15) is 0 Å². The van der Waals surface area contributed by atoms with Crippen molar-refractivity contribution < 1.29 is 0 Å². The molecule has 7 heteroatoms. The lowest BCUT2D eigenvalue weighted by atomic mass is 10.2. The van der Waals surface area contributed by atoms with E-state index in [2.05, 4.69) is 34.5 Å². The van der Waals surface area contributed by atoms with Gasteiger partial charge in [-0.1, -0.05) is 23.2 Å². The number of likely N-dealkylation sites (tertiary alicyclic amines) is 1. The zero-order valence-corrected chi connectivity index (χ0v) is 15.0. The number of hydrogen-bond acceptors (Lipinski definition) is 2. The predicted molar refractivity (Wildman–Crippen MR) is 93.9 cm³/mol. The number of nitrogens with zero attached hydrogens (tertiary/aromatic N) is 3. The summed E-state index contributed by atoms with van der Waals surface area (Å²) in [4.78, 5) is 7.02. The van der Waals surface area contributed by atoms with E-state index in [1.807, 2.05) is 17.7 Å². The molecule has 1 unspecified atom stereocenters. The van der Waals surface area contributed by atoms with Gasteiger partial charge in [0.15, 0.2) is 5.96 Å². The van der Waals surface area contributed by atoms with Crippen molar-refractivity contribution in [2.45, 2.75) is 32.4 Å². The molecule has 0 aliphatic carbocycles. The largest absolute Gasteiger partial charge is 0.357 e. The van der Waals surface area contributed by atoms with Crippen molar-refractivity contribution in [3.63, 3.8) is 0 Å². The normalized spacial score (nSPS) is 19.7. The summed E-state index contributed by atoms with van der Waals surface area (Å²) >= 11 is 12.1. The van der Waals surface area contributed by atoms with Gasteiger partial charge in [-0.3, -0.25) is 0 Å². The lowest BCUT2D eigenvalue weighted by Gasteiger charge is -2.21. The summed E-state index contributed by atoms with van der Waals surface area (Å²) in [6.07, 6.45) is 2.52.